The van der Waals surface area contributed by atoms with Gasteiger partial charge in [-0.3, -0.25) is 14.7 Å². The number of rotatable bonds is 6. The summed E-state index contributed by atoms with van der Waals surface area (Å²) in [4.78, 5) is 21.5. The van der Waals surface area contributed by atoms with Crippen LogP contribution in [0.1, 0.15) is 49.8 Å². The number of hydrogen-bond donors (Lipinski definition) is 2. The number of aliphatic imine (C=N–C) groups is 1. The molecular formula is C23H38IN5O. The Labute approximate surface area is 198 Å². The van der Waals surface area contributed by atoms with Crippen LogP contribution in [0.15, 0.2) is 29.3 Å². The molecule has 7 heteroatoms. The molecule has 2 fully saturated rings. The number of halogens is 1. The van der Waals surface area contributed by atoms with E-state index in [1.807, 2.05) is 7.05 Å². The van der Waals surface area contributed by atoms with Gasteiger partial charge in [-0.25, -0.2) is 0 Å². The van der Waals surface area contributed by atoms with Crippen molar-refractivity contribution in [3.05, 3.63) is 35.4 Å². The van der Waals surface area contributed by atoms with Crippen molar-refractivity contribution in [2.24, 2.45) is 10.9 Å². The molecular weight excluding hydrogens is 489 g/mol. The van der Waals surface area contributed by atoms with Crippen LogP contribution in [0.2, 0.25) is 0 Å². The molecule has 0 spiro atoms. The Morgan fingerprint density at radius 2 is 1.83 bits per heavy atom. The molecule has 1 heterocycles. The number of nitrogens with zero attached hydrogens (tertiary/aromatic N) is 3. The summed E-state index contributed by atoms with van der Waals surface area (Å²) in [5.41, 5.74) is 2.58. The van der Waals surface area contributed by atoms with Gasteiger partial charge in [0.1, 0.15) is 0 Å². The first-order chi connectivity index (χ1) is 14.1. The van der Waals surface area contributed by atoms with E-state index < -0.39 is 0 Å². The minimum absolute atomic E-state index is 0. The third-order valence-electron chi connectivity index (χ3n) is 6.34. The summed E-state index contributed by atoms with van der Waals surface area (Å²) >= 11 is 0. The summed E-state index contributed by atoms with van der Waals surface area (Å²) in [7, 11) is 1.81. The molecule has 3 rings (SSSR count). The third-order valence-corrected chi connectivity index (χ3v) is 6.34. The zero-order valence-corrected chi connectivity index (χ0v) is 21.0. The van der Waals surface area contributed by atoms with Crippen LogP contribution in [0.25, 0.3) is 0 Å². The lowest BCUT2D eigenvalue weighted by Crippen LogP contribution is -2.52. The van der Waals surface area contributed by atoms with Crippen molar-refractivity contribution < 1.29 is 4.79 Å². The Bertz CT molecular complexity index is 697. The van der Waals surface area contributed by atoms with Gasteiger partial charge in [0.25, 0.3) is 0 Å². The highest BCUT2D eigenvalue weighted by Crippen LogP contribution is 2.26. The smallest absolute Gasteiger partial charge is 0.225 e. The van der Waals surface area contributed by atoms with E-state index in [2.05, 4.69) is 63.5 Å². The van der Waals surface area contributed by atoms with Gasteiger partial charge >= 0.3 is 0 Å². The quantitative estimate of drug-likeness (QED) is 0.339. The maximum Gasteiger partial charge on any atom is 0.225 e. The summed E-state index contributed by atoms with van der Waals surface area (Å²) in [5.74, 6) is 1.53. The van der Waals surface area contributed by atoms with Crippen molar-refractivity contribution in [1.82, 2.24) is 20.4 Å². The van der Waals surface area contributed by atoms with Crippen molar-refractivity contribution in [2.45, 2.75) is 45.6 Å². The van der Waals surface area contributed by atoms with Crippen LogP contribution in [0.4, 0.5) is 0 Å². The molecule has 30 heavy (non-hydrogen) atoms. The lowest BCUT2D eigenvalue weighted by molar-refractivity contribution is -0.137. The number of amides is 1. The van der Waals surface area contributed by atoms with Gasteiger partial charge < -0.3 is 15.5 Å². The molecule has 1 amide bonds. The highest BCUT2D eigenvalue weighted by molar-refractivity contribution is 14.0. The van der Waals surface area contributed by atoms with Crippen LogP contribution in [-0.4, -0.2) is 68.0 Å². The van der Waals surface area contributed by atoms with E-state index in [1.165, 1.54) is 24.0 Å². The molecule has 168 valence electrons. The molecule has 1 unspecified atom stereocenters. The molecule has 0 bridgehead atoms. The summed E-state index contributed by atoms with van der Waals surface area (Å²) in [6.07, 6.45) is 4.63. The highest BCUT2D eigenvalue weighted by Gasteiger charge is 2.29. The normalized spacial score (nSPS) is 19.3. The number of aryl methyl sites for hydroxylation is 1. The van der Waals surface area contributed by atoms with Crippen LogP contribution < -0.4 is 10.6 Å². The first kappa shape index (κ1) is 24.9. The van der Waals surface area contributed by atoms with Gasteiger partial charge in [0.15, 0.2) is 5.96 Å². The van der Waals surface area contributed by atoms with Crippen LogP contribution in [0.3, 0.4) is 0 Å². The second-order valence-electron chi connectivity index (χ2n) is 8.37. The molecule has 6 nitrogen and oxygen atoms in total. The first-order valence-corrected chi connectivity index (χ1v) is 11.1. The number of carbonyl (C=O) groups is 1. The lowest BCUT2D eigenvalue weighted by atomic mass is 10.0. The van der Waals surface area contributed by atoms with Gasteiger partial charge in [-0.15, -0.1) is 24.0 Å². The molecule has 1 saturated heterocycles. The highest BCUT2D eigenvalue weighted by atomic mass is 127. The molecule has 1 aromatic carbocycles. The number of guanidine groups is 1. The predicted octanol–water partition coefficient (Wildman–Crippen LogP) is 3.17. The average molecular weight is 527 g/mol. The van der Waals surface area contributed by atoms with Crippen molar-refractivity contribution in [3.8, 4) is 0 Å². The standard InChI is InChI=1S/C23H37N5O.HI/c1-18-8-4-7-11-21(18)19(2)26-23(24-3)25-12-13-27-14-16-28(17-15-27)22(29)20-9-5-6-10-20;/h4,7-8,11,19-20H,5-6,9-10,12-17H2,1-3H3,(H2,24,25,26);1H. The summed E-state index contributed by atoms with van der Waals surface area (Å²) < 4.78 is 0. The van der Waals surface area contributed by atoms with E-state index in [0.717, 1.165) is 58.1 Å². The van der Waals surface area contributed by atoms with Gasteiger partial charge in [0, 0.05) is 52.2 Å². The van der Waals surface area contributed by atoms with E-state index in [1.54, 1.807) is 0 Å². The molecule has 0 radical (unpaired) electrons. The monoisotopic (exact) mass is 527 g/mol. The topological polar surface area (TPSA) is 60.0 Å². The molecule has 1 aliphatic carbocycles. The van der Waals surface area contributed by atoms with E-state index in [0.29, 0.717) is 11.8 Å². The first-order valence-electron chi connectivity index (χ1n) is 11.1. The Morgan fingerprint density at radius 3 is 2.47 bits per heavy atom. The molecule has 1 atom stereocenters. The fraction of sp³-hybridized carbons (Fsp3) is 0.652. The van der Waals surface area contributed by atoms with Crippen molar-refractivity contribution in [1.29, 1.82) is 0 Å². The van der Waals surface area contributed by atoms with E-state index in [-0.39, 0.29) is 30.0 Å². The van der Waals surface area contributed by atoms with Crippen molar-refractivity contribution >= 4 is 35.8 Å². The summed E-state index contributed by atoms with van der Waals surface area (Å²) in [5, 5.41) is 6.91. The Morgan fingerprint density at radius 1 is 1.17 bits per heavy atom. The number of hydrogen-bond acceptors (Lipinski definition) is 3. The average Bonchev–Trinajstić information content (AvgIpc) is 3.28. The van der Waals surface area contributed by atoms with Gasteiger partial charge in [-0.2, -0.15) is 0 Å². The zero-order chi connectivity index (χ0) is 20.6. The molecule has 1 aromatic rings. The number of benzene rings is 1. The number of carbonyl (C=O) groups excluding carboxylic acids is 1. The fourth-order valence-electron chi connectivity index (χ4n) is 4.51. The summed E-state index contributed by atoms with van der Waals surface area (Å²) in [6, 6.07) is 8.65. The van der Waals surface area contributed by atoms with Gasteiger partial charge in [-0.05, 0) is 37.8 Å². The van der Waals surface area contributed by atoms with Crippen LogP contribution in [0.5, 0.6) is 0 Å². The predicted molar refractivity (Wildman–Crippen MR) is 134 cm³/mol. The molecule has 1 saturated carbocycles. The van der Waals surface area contributed by atoms with Gasteiger partial charge in [0.05, 0.1) is 6.04 Å². The maximum atomic E-state index is 12.6. The minimum Gasteiger partial charge on any atom is -0.355 e. The van der Waals surface area contributed by atoms with E-state index >= 15 is 0 Å². The lowest BCUT2D eigenvalue weighted by Gasteiger charge is -2.36. The Balaban J connectivity index is 0.00000320. The van der Waals surface area contributed by atoms with Gasteiger partial charge in [-0.1, -0.05) is 37.1 Å². The van der Waals surface area contributed by atoms with Gasteiger partial charge in [0.2, 0.25) is 5.91 Å². The maximum absolute atomic E-state index is 12.6. The Kier molecular flexibility index (Phi) is 10.4. The SMILES string of the molecule is CN=C(NCCN1CCN(C(=O)C2CCCC2)CC1)NC(C)c1ccccc1C.I. The van der Waals surface area contributed by atoms with E-state index in [9.17, 15) is 4.79 Å². The van der Waals surface area contributed by atoms with Crippen molar-refractivity contribution in [3.63, 3.8) is 0 Å². The number of piperazine rings is 1. The summed E-state index contributed by atoms with van der Waals surface area (Å²) in [6.45, 7) is 9.77. The second-order valence-corrected chi connectivity index (χ2v) is 8.37. The third kappa shape index (κ3) is 6.83. The van der Waals surface area contributed by atoms with Crippen LogP contribution in [0, 0.1) is 12.8 Å². The van der Waals surface area contributed by atoms with E-state index in [4.69, 9.17) is 0 Å². The van der Waals surface area contributed by atoms with Crippen molar-refractivity contribution in [2.75, 3.05) is 46.3 Å². The van der Waals surface area contributed by atoms with Crippen LogP contribution in [-0.2, 0) is 4.79 Å². The Hall–Kier alpha value is -1.35. The number of nitrogens with one attached hydrogen (secondary N) is 2. The minimum atomic E-state index is 0. The fourth-order valence-corrected chi connectivity index (χ4v) is 4.51. The molecule has 0 aromatic heterocycles. The molecule has 2 aliphatic rings. The second kappa shape index (κ2) is 12.5. The van der Waals surface area contributed by atoms with Crippen LogP contribution >= 0.6 is 24.0 Å². The zero-order valence-electron chi connectivity index (χ0n) is 18.7. The molecule has 1 aliphatic heterocycles. The molecule has 2 N–H and O–H groups in total. The largest absolute Gasteiger partial charge is 0.355 e.